The highest BCUT2D eigenvalue weighted by Crippen LogP contribution is 2.36. The summed E-state index contributed by atoms with van der Waals surface area (Å²) in [6.45, 7) is 0.830. The van der Waals surface area contributed by atoms with Gasteiger partial charge in [0.25, 0.3) is 0 Å². The average molecular weight is 319 g/mol. The molecule has 0 radical (unpaired) electrons. The van der Waals surface area contributed by atoms with Crippen molar-refractivity contribution in [3.63, 3.8) is 0 Å². The van der Waals surface area contributed by atoms with Crippen molar-refractivity contribution in [1.82, 2.24) is 4.90 Å². The van der Waals surface area contributed by atoms with Crippen LogP contribution in [0.15, 0.2) is 42.0 Å². The molecule has 6 heteroatoms. The van der Waals surface area contributed by atoms with Crippen LogP contribution in [0.5, 0.6) is 0 Å². The molecule has 1 amide bonds. The summed E-state index contributed by atoms with van der Waals surface area (Å²) >= 11 is 0. The van der Waals surface area contributed by atoms with E-state index in [4.69, 9.17) is 4.74 Å². The lowest BCUT2D eigenvalue weighted by Crippen LogP contribution is -2.62. The highest BCUT2D eigenvalue weighted by atomic mass is 16.5. The quantitative estimate of drug-likeness (QED) is 0.717. The van der Waals surface area contributed by atoms with Crippen LogP contribution in [0.3, 0.4) is 0 Å². The molecule has 0 aromatic heterocycles. The Labute approximate surface area is 134 Å². The van der Waals surface area contributed by atoms with Gasteiger partial charge in [0.05, 0.1) is 19.2 Å². The fraction of sp³-hybridized carbons (Fsp3) is 0.471. The number of hydrogen-bond donors (Lipinski definition) is 3. The maximum atomic E-state index is 12.5. The first-order valence-electron chi connectivity index (χ1n) is 7.62. The highest BCUT2D eigenvalue weighted by Gasteiger charge is 2.48. The number of benzene rings is 1. The molecular formula is C17H21NO5. The topological polar surface area (TPSA) is 90.2 Å². The number of ether oxygens (including phenoxy) is 1. The van der Waals surface area contributed by atoms with Crippen LogP contribution >= 0.6 is 0 Å². The van der Waals surface area contributed by atoms with Crippen LogP contribution in [0.25, 0.3) is 0 Å². The van der Waals surface area contributed by atoms with Crippen molar-refractivity contribution < 1.29 is 24.9 Å². The number of amides is 1. The number of rotatable bonds is 3. The van der Waals surface area contributed by atoms with Gasteiger partial charge in [0.15, 0.2) is 0 Å². The van der Waals surface area contributed by atoms with Gasteiger partial charge in [0.1, 0.15) is 17.8 Å². The van der Waals surface area contributed by atoms with Crippen molar-refractivity contribution in [3.05, 3.63) is 47.5 Å². The first-order chi connectivity index (χ1) is 11.0. The lowest BCUT2D eigenvalue weighted by molar-refractivity contribution is -0.162. The predicted octanol–water partition coefficient (Wildman–Crippen LogP) is -0.217. The molecule has 3 N–H and O–H groups in total. The number of carbonyl (C=O) groups is 1. The van der Waals surface area contributed by atoms with Crippen LogP contribution < -0.4 is 0 Å². The van der Waals surface area contributed by atoms with Crippen molar-refractivity contribution in [2.24, 2.45) is 0 Å². The first kappa shape index (κ1) is 16.1. The maximum Gasteiger partial charge on any atom is 0.249 e. The Morgan fingerprint density at radius 1 is 1.22 bits per heavy atom. The Kier molecular flexibility index (Phi) is 4.25. The van der Waals surface area contributed by atoms with Gasteiger partial charge in [-0.3, -0.25) is 4.79 Å². The zero-order chi connectivity index (χ0) is 16.6. The molecule has 0 saturated carbocycles. The summed E-state index contributed by atoms with van der Waals surface area (Å²) in [5, 5.41) is 28.9. The number of carbonyl (C=O) groups excluding carboxylic acids is 1. The summed E-state index contributed by atoms with van der Waals surface area (Å²) in [7, 11) is 1.62. The number of nitrogens with zero attached hydrogens (tertiary/aromatic N) is 1. The summed E-state index contributed by atoms with van der Waals surface area (Å²) in [5.74, 6) is -0.237. The summed E-state index contributed by atoms with van der Waals surface area (Å²) in [5.41, 5.74) is 0.829. The number of aliphatic hydroxyl groups is 3. The number of likely N-dealkylation sites (tertiary alicyclic amines) is 1. The maximum absolute atomic E-state index is 12.5. The van der Waals surface area contributed by atoms with Gasteiger partial charge in [-0.15, -0.1) is 0 Å². The van der Waals surface area contributed by atoms with E-state index >= 15 is 0 Å². The Hall–Kier alpha value is -1.73. The molecule has 1 fully saturated rings. The lowest BCUT2D eigenvalue weighted by Gasteiger charge is -2.49. The van der Waals surface area contributed by atoms with E-state index in [-0.39, 0.29) is 12.3 Å². The molecule has 1 aromatic carbocycles. The molecule has 0 spiro atoms. The van der Waals surface area contributed by atoms with Crippen LogP contribution in [-0.2, 0) is 15.1 Å². The SMILES string of the molecule is COC1(c2ccccc2)CN(C(=O)C2=C[C@@H](O)[C@@H](O)[C@H](O)C2)C1. The predicted molar refractivity (Wildman–Crippen MR) is 82.4 cm³/mol. The Bertz CT molecular complexity index is 609. The molecule has 3 rings (SSSR count). The Morgan fingerprint density at radius 3 is 2.43 bits per heavy atom. The summed E-state index contributed by atoms with van der Waals surface area (Å²) in [4.78, 5) is 14.1. The number of hydrogen-bond acceptors (Lipinski definition) is 5. The zero-order valence-corrected chi connectivity index (χ0v) is 12.9. The van der Waals surface area contributed by atoms with Gasteiger partial charge in [-0.25, -0.2) is 0 Å². The van der Waals surface area contributed by atoms with Gasteiger partial charge in [0, 0.05) is 19.1 Å². The summed E-state index contributed by atoms with van der Waals surface area (Å²) in [6.07, 6.45) is -2.23. The van der Waals surface area contributed by atoms with Gasteiger partial charge < -0.3 is 25.0 Å². The lowest BCUT2D eigenvalue weighted by atomic mass is 9.84. The Balaban J connectivity index is 1.71. The van der Waals surface area contributed by atoms with Crippen LogP contribution in [0.1, 0.15) is 12.0 Å². The minimum atomic E-state index is -1.25. The van der Waals surface area contributed by atoms with Crippen molar-refractivity contribution in [2.45, 2.75) is 30.3 Å². The van der Waals surface area contributed by atoms with Crippen molar-refractivity contribution in [1.29, 1.82) is 0 Å². The van der Waals surface area contributed by atoms with E-state index in [9.17, 15) is 20.1 Å². The fourth-order valence-corrected chi connectivity index (χ4v) is 3.19. The highest BCUT2D eigenvalue weighted by molar-refractivity contribution is 5.94. The normalized spacial score (nSPS) is 29.7. The monoisotopic (exact) mass is 319 g/mol. The molecule has 1 aromatic rings. The van der Waals surface area contributed by atoms with Crippen molar-refractivity contribution in [2.75, 3.05) is 20.2 Å². The van der Waals surface area contributed by atoms with E-state index in [0.29, 0.717) is 18.7 Å². The van der Waals surface area contributed by atoms with E-state index in [0.717, 1.165) is 5.56 Å². The molecular weight excluding hydrogens is 298 g/mol. The molecule has 1 saturated heterocycles. The van der Waals surface area contributed by atoms with E-state index in [2.05, 4.69) is 0 Å². The van der Waals surface area contributed by atoms with Gasteiger partial charge in [0.2, 0.25) is 5.91 Å². The number of methoxy groups -OCH3 is 1. The molecule has 124 valence electrons. The van der Waals surface area contributed by atoms with Gasteiger partial charge in [-0.05, 0) is 11.6 Å². The molecule has 1 heterocycles. The van der Waals surface area contributed by atoms with Crippen molar-refractivity contribution >= 4 is 5.91 Å². The average Bonchev–Trinajstić information content (AvgIpc) is 2.52. The van der Waals surface area contributed by atoms with Gasteiger partial charge >= 0.3 is 0 Å². The molecule has 23 heavy (non-hydrogen) atoms. The molecule has 0 unspecified atom stereocenters. The summed E-state index contributed by atoms with van der Waals surface area (Å²) < 4.78 is 5.63. The van der Waals surface area contributed by atoms with Crippen LogP contribution in [0, 0.1) is 0 Å². The van der Waals surface area contributed by atoms with Crippen LogP contribution in [-0.4, -0.2) is 64.6 Å². The molecule has 0 bridgehead atoms. The minimum absolute atomic E-state index is 0.0406. The molecule has 6 nitrogen and oxygen atoms in total. The summed E-state index contributed by atoms with van der Waals surface area (Å²) in [6, 6.07) is 9.72. The molecule has 3 atom stereocenters. The van der Waals surface area contributed by atoms with Gasteiger partial charge in [-0.1, -0.05) is 30.3 Å². The fourth-order valence-electron chi connectivity index (χ4n) is 3.19. The third-order valence-electron chi connectivity index (χ3n) is 4.69. The van der Waals surface area contributed by atoms with Crippen LogP contribution in [0.2, 0.25) is 0 Å². The third kappa shape index (κ3) is 2.79. The first-order valence-corrected chi connectivity index (χ1v) is 7.62. The number of aliphatic hydroxyl groups excluding tert-OH is 3. The second-order valence-electron chi connectivity index (χ2n) is 6.17. The van der Waals surface area contributed by atoms with E-state index in [1.165, 1.54) is 6.08 Å². The van der Waals surface area contributed by atoms with E-state index in [1.54, 1.807) is 12.0 Å². The van der Waals surface area contributed by atoms with E-state index < -0.39 is 23.9 Å². The third-order valence-corrected chi connectivity index (χ3v) is 4.69. The van der Waals surface area contributed by atoms with E-state index in [1.807, 2.05) is 30.3 Å². The molecule has 1 aliphatic heterocycles. The largest absolute Gasteiger partial charge is 0.390 e. The minimum Gasteiger partial charge on any atom is -0.390 e. The van der Waals surface area contributed by atoms with Crippen LogP contribution in [0.4, 0.5) is 0 Å². The zero-order valence-electron chi connectivity index (χ0n) is 12.9. The smallest absolute Gasteiger partial charge is 0.249 e. The second kappa shape index (κ2) is 6.05. The second-order valence-corrected chi connectivity index (χ2v) is 6.17. The standard InChI is InChI=1S/C17H21NO5/c1-23-17(12-5-3-2-4-6-12)9-18(10-17)16(22)11-7-13(19)15(21)14(20)8-11/h2-7,13-15,19-21H,8-10H2,1H3/t13-,14-,15-/m1/s1. The molecule has 1 aliphatic carbocycles. The molecule has 2 aliphatic rings. The van der Waals surface area contributed by atoms with Crippen molar-refractivity contribution in [3.8, 4) is 0 Å². The van der Waals surface area contributed by atoms with Gasteiger partial charge in [-0.2, -0.15) is 0 Å². The Morgan fingerprint density at radius 2 is 1.87 bits per heavy atom.